The van der Waals surface area contributed by atoms with E-state index in [1.165, 1.54) is 38.5 Å². The molecule has 1 N–H and O–H groups in total. The summed E-state index contributed by atoms with van der Waals surface area (Å²) in [6.45, 7) is 1.56. The van der Waals surface area contributed by atoms with Gasteiger partial charge in [-0.3, -0.25) is 4.79 Å². The van der Waals surface area contributed by atoms with Crippen molar-refractivity contribution in [1.82, 2.24) is 5.32 Å². The van der Waals surface area contributed by atoms with Crippen LogP contribution in [0.3, 0.4) is 0 Å². The fourth-order valence-corrected chi connectivity index (χ4v) is 5.70. The number of methoxy groups -OCH3 is 1. The van der Waals surface area contributed by atoms with Crippen LogP contribution in [0.5, 0.6) is 5.75 Å². The van der Waals surface area contributed by atoms with Crippen LogP contribution in [0.2, 0.25) is 0 Å². The molecule has 0 aromatic heterocycles. The second-order valence-electron chi connectivity index (χ2n) is 8.58. The molecule has 1 atom stereocenters. The minimum Gasteiger partial charge on any atom is -0.494 e. The topological polar surface area (TPSA) is 64.6 Å². The highest BCUT2D eigenvalue weighted by atomic mass is 19.1. The van der Waals surface area contributed by atoms with Crippen LogP contribution in [-0.4, -0.2) is 30.6 Å². The average molecular weight is 375 g/mol. The monoisotopic (exact) mass is 375 g/mol. The van der Waals surface area contributed by atoms with Crippen LogP contribution >= 0.6 is 0 Å². The molecule has 4 saturated carbocycles. The van der Waals surface area contributed by atoms with Gasteiger partial charge in [0.15, 0.2) is 17.7 Å². The smallest absolute Gasteiger partial charge is 0.339 e. The van der Waals surface area contributed by atoms with E-state index >= 15 is 0 Å². The lowest BCUT2D eigenvalue weighted by Gasteiger charge is -2.57. The highest BCUT2D eigenvalue weighted by Crippen LogP contribution is 2.55. The van der Waals surface area contributed by atoms with Crippen molar-refractivity contribution in [2.75, 3.05) is 7.11 Å². The number of benzene rings is 1. The second-order valence-corrected chi connectivity index (χ2v) is 8.58. The van der Waals surface area contributed by atoms with Gasteiger partial charge >= 0.3 is 5.97 Å². The van der Waals surface area contributed by atoms with Crippen molar-refractivity contribution in [2.45, 2.75) is 57.1 Å². The van der Waals surface area contributed by atoms with Gasteiger partial charge in [-0.2, -0.15) is 0 Å². The first-order valence-electron chi connectivity index (χ1n) is 9.74. The van der Waals surface area contributed by atoms with Crippen molar-refractivity contribution >= 4 is 11.9 Å². The Morgan fingerprint density at radius 2 is 1.74 bits per heavy atom. The Kier molecular flexibility index (Phi) is 4.60. The highest BCUT2D eigenvalue weighted by Gasteiger charge is 2.51. The molecule has 5 nitrogen and oxygen atoms in total. The summed E-state index contributed by atoms with van der Waals surface area (Å²) in [4.78, 5) is 24.9. The van der Waals surface area contributed by atoms with Crippen molar-refractivity contribution in [2.24, 2.45) is 17.8 Å². The molecule has 4 aliphatic carbocycles. The summed E-state index contributed by atoms with van der Waals surface area (Å²) in [5.41, 5.74) is -0.0682. The molecule has 4 aliphatic rings. The molecule has 0 heterocycles. The molecule has 1 aromatic rings. The predicted octanol–water partition coefficient (Wildman–Crippen LogP) is 3.46. The summed E-state index contributed by atoms with van der Waals surface area (Å²) >= 11 is 0. The molecule has 4 bridgehead atoms. The van der Waals surface area contributed by atoms with E-state index in [2.05, 4.69) is 5.32 Å². The lowest BCUT2D eigenvalue weighted by atomic mass is 9.53. The van der Waals surface area contributed by atoms with Crippen molar-refractivity contribution in [3.05, 3.63) is 29.6 Å². The lowest BCUT2D eigenvalue weighted by Crippen LogP contribution is -2.61. The van der Waals surface area contributed by atoms with Gasteiger partial charge in [-0.05, 0) is 81.4 Å². The number of nitrogens with one attached hydrogen (secondary N) is 1. The number of ether oxygens (including phenoxy) is 2. The number of esters is 1. The van der Waals surface area contributed by atoms with Crippen molar-refractivity contribution < 1.29 is 23.5 Å². The van der Waals surface area contributed by atoms with E-state index in [0.717, 1.165) is 43.1 Å². The molecule has 0 saturated heterocycles. The standard InChI is InChI=1S/C21H26FNO4/c1-12(27-20(25)16-3-4-18(26-2)17(22)8-16)19(24)23-21-9-13-5-14(10-21)7-15(6-13)11-21/h3-4,8,12-15H,5-7,9-11H2,1-2H3,(H,23,24)/t12-,13?,14?,15?,21?/m1/s1. The van der Waals surface area contributed by atoms with Gasteiger partial charge in [0, 0.05) is 5.54 Å². The molecule has 5 rings (SSSR count). The zero-order chi connectivity index (χ0) is 19.2. The minimum absolute atomic E-state index is 0.0548. The average Bonchev–Trinajstić information content (AvgIpc) is 2.59. The maximum atomic E-state index is 13.8. The Morgan fingerprint density at radius 3 is 2.26 bits per heavy atom. The van der Waals surface area contributed by atoms with Gasteiger partial charge in [-0.25, -0.2) is 9.18 Å². The normalized spacial score (nSPS) is 32.0. The van der Waals surface area contributed by atoms with E-state index in [0.29, 0.717) is 0 Å². The Labute approximate surface area is 158 Å². The quantitative estimate of drug-likeness (QED) is 0.801. The number of rotatable bonds is 5. The third-order valence-electron chi connectivity index (χ3n) is 6.47. The Bertz CT molecular complexity index is 727. The first kappa shape index (κ1) is 18.3. The molecule has 4 fully saturated rings. The number of carbonyl (C=O) groups excluding carboxylic acids is 2. The van der Waals surface area contributed by atoms with Gasteiger partial charge in [0.25, 0.3) is 5.91 Å². The van der Waals surface area contributed by atoms with E-state index in [4.69, 9.17) is 9.47 Å². The number of hydrogen-bond donors (Lipinski definition) is 1. The van der Waals surface area contributed by atoms with Gasteiger partial charge in [0.05, 0.1) is 12.7 Å². The Hall–Kier alpha value is -2.11. The first-order chi connectivity index (χ1) is 12.9. The molecule has 0 radical (unpaired) electrons. The third kappa shape index (κ3) is 3.54. The SMILES string of the molecule is COc1ccc(C(=O)O[C@H](C)C(=O)NC23CC4CC(CC(C4)C2)C3)cc1F. The third-order valence-corrected chi connectivity index (χ3v) is 6.47. The number of hydrogen-bond acceptors (Lipinski definition) is 4. The Morgan fingerprint density at radius 1 is 1.15 bits per heavy atom. The number of carbonyl (C=O) groups is 2. The van der Waals surface area contributed by atoms with Gasteiger partial charge < -0.3 is 14.8 Å². The molecule has 0 spiro atoms. The zero-order valence-corrected chi connectivity index (χ0v) is 15.8. The van der Waals surface area contributed by atoms with E-state index in [9.17, 15) is 14.0 Å². The molecule has 6 heteroatoms. The van der Waals surface area contributed by atoms with Gasteiger partial charge in [-0.15, -0.1) is 0 Å². The molecule has 1 amide bonds. The predicted molar refractivity (Wildman–Crippen MR) is 96.9 cm³/mol. The molecule has 1 aromatic carbocycles. The molecule has 27 heavy (non-hydrogen) atoms. The number of halogens is 1. The lowest BCUT2D eigenvalue weighted by molar-refractivity contribution is -0.134. The fourth-order valence-electron chi connectivity index (χ4n) is 5.70. The van der Waals surface area contributed by atoms with Gasteiger partial charge in [-0.1, -0.05) is 0 Å². The van der Waals surface area contributed by atoms with Crippen LogP contribution in [0.1, 0.15) is 55.8 Å². The second kappa shape index (κ2) is 6.80. The first-order valence-corrected chi connectivity index (χ1v) is 9.74. The van der Waals surface area contributed by atoms with Crippen LogP contribution in [0.4, 0.5) is 4.39 Å². The molecule has 0 unspecified atom stereocenters. The molecular weight excluding hydrogens is 349 g/mol. The zero-order valence-electron chi connectivity index (χ0n) is 15.8. The van der Waals surface area contributed by atoms with Gasteiger partial charge in [0.1, 0.15) is 0 Å². The summed E-state index contributed by atoms with van der Waals surface area (Å²) in [6, 6.07) is 3.85. The van der Waals surface area contributed by atoms with Crippen LogP contribution in [-0.2, 0) is 9.53 Å². The molecule has 146 valence electrons. The van der Waals surface area contributed by atoms with Crippen molar-refractivity contribution in [1.29, 1.82) is 0 Å². The van der Waals surface area contributed by atoms with E-state index < -0.39 is 17.9 Å². The summed E-state index contributed by atoms with van der Waals surface area (Å²) in [5.74, 6) is 0.589. The van der Waals surface area contributed by atoms with Crippen LogP contribution < -0.4 is 10.1 Å². The molecule has 0 aliphatic heterocycles. The van der Waals surface area contributed by atoms with E-state index in [-0.39, 0.29) is 22.8 Å². The van der Waals surface area contributed by atoms with E-state index in [1.807, 2.05) is 0 Å². The van der Waals surface area contributed by atoms with Crippen LogP contribution in [0, 0.1) is 23.6 Å². The fraction of sp³-hybridized carbons (Fsp3) is 0.619. The minimum atomic E-state index is -0.921. The summed E-state index contributed by atoms with van der Waals surface area (Å²) < 4.78 is 23.9. The van der Waals surface area contributed by atoms with Crippen molar-refractivity contribution in [3.63, 3.8) is 0 Å². The highest BCUT2D eigenvalue weighted by molar-refractivity contribution is 5.92. The largest absolute Gasteiger partial charge is 0.494 e. The maximum absolute atomic E-state index is 13.8. The molecular formula is C21H26FNO4. The Balaban J connectivity index is 1.38. The van der Waals surface area contributed by atoms with Crippen molar-refractivity contribution in [3.8, 4) is 5.75 Å². The van der Waals surface area contributed by atoms with Crippen LogP contribution in [0.15, 0.2) is 18.2 Å². The summed E-state index contributed by atoms with van der Waals surface area (Å²) in [5, 5.41) is 3.20. The maximum Gasteiger partial charge on any atom is 0.339 e. The summed E-state index contributed by atoms with van der Waals surface area (Å²) in [7, 11) is 1.35. The summed E-state index contributed by atoms with van der Waals surface area (Å²) in [6.07, 6.45) is 6.07. The van der Waals surface area contributed by atoms with Crippen LogP contribution in [0.25, 0.3) is 0 Å². The number of amides is 1. The van der Waals surface area contributed by atoms with E-state index in [1.54, 1.807) is 6.92 Å². The van der Waals surface area contributed by atoms with Gasteiger partial charge in [0.2, 0.25) is 0 Å².